The lowest BCUT2D eigenvalue weighted by atomic mass is 9.84. The molecule has 32 heavy (non-hydrogen) atoms. The maximum atomic E-state index is 13.0. The lowest BCUT2D eigenvalue weighted by Crippen LogP contribution is -2.46. The van der Waals surface area contributed by atoms with Crippen LogP contribution < -0.4 is 11.5 Å². The number of Topliss-reactive ketones (excluding diaryl/α,β-unsaturated/α-hetero) is 2. The predicted octanol–water partition coefficient (Wildman–Crippen LogP) is 5.01. The summed E-state index contributed by atoms with van der Waals surface area (Å²) in [6.45, 7) is 7.69. The van der Waals surface area contributed by atoms with Gasteiger partial charge in [-0.2, -0.15) is 0 Å². The van der Waals surface area contributed by atoms with Gasteiger partial charge in [-0.05, 0) is 62.1 Å². The molecule has 3 rings (SSSR count). The Morgan fingerprint density at radius 3 is 1.31 bits per heavy atom. The van der Waals surface area contributed by atoms with E-state index in [4.69, 9.17) is 15.9 Å². The average Bonchev–Trinajstić information content (AvgIpc) is 3.13. The molecule has 0 saturated heterocycles. The average molecular weight is 485 g/mol. The van der Waals surface area contributed by atoms with Gasteiger partial charge in [-0.25, -0.2) is 0 Å². The summed E-state index contributed by atoms with van der Waals surface area (Å²) in [4.78, 5) is 26.0. The molecular weight excluding hydrogens is 451 g/mol. The van der Waals surface area contributed by atoms with Gasteiger partial charge in [0, 0.05) is 21.9 Å². The van der Waals surface area contributed by atoms with Crippen LogP contribution in [0.2, 0.25) is 0 Å². The van der Waals surface area contributed by atoms with Crippen molar-refractivity contribution in [3.05, 3.63) is 47.5 Å². The maximum absolute atomic E-state index is 13.0. The zero-order valence-electron chi connectivity index (χ0n) is 19.0. The Hall–Kier alpha value is -1.96. The van der Waals surface area contributed by atoms with Crippen molar-refractivity contribution in [1.29, 1.82) is 0 Å². The number of carbonyl (C=O) groups excluding carboxylic acids is 2. The topological polar surface area (TPSA) is 131 Å². The number of nitrogens with two attached hydrogens (primary N) is 2. The van der Waals surface area contributed by atoms with Crippen LogP contribution in [0, 0.1) is 0 Å². The van der Waals surface area contributed by atoms with Crippen LogP contribution in [0.25, 0.3) is 21.9 Å². The van der Waals surface area contributed by atoms with Crippen LogP contribution in [0.15, 0.2) is 40.8 Å². The summed E-state index contributed by atoms with van der Waals surface area (Å²) >= 11 is 0. The number of fused-ring (bicyclic) bond motifs is 3. The molecule has 0 atom stereocenters. The molecule has 1 aromatic heterocycles. The number of halogens is 2. The van der Waals surface area contributed by atoms with Crippen molar-refractivity contribution in [1.82, 2.24) is 0 Å². The Labute approximate surface area is 201 Å². The van der Waals surface area contributed by atoms with Gasteiger partial charge in [-0.3, -0.25) is 9.59 Å². The SMILES string of the molecule is CCC(N)(CC)C(=O)c1ccc2oc3ccc(C(=O)C(N)(CC)CC)cc3c2c1.Cl.Cl.O. The second kappa shape index (κ2) is 11.3. The smallest absolute Gasteiger partial charge is 0.182 e. The molecular formula is C24H34Cl2N2O4. The van der Waals surface area contributed by atoms with E-state index in [0.29, 0.717) is 48.0 Å². The van der Waals surface area contributed by atoms with Crippen molar-refractivity contribution in [3.8, 4) is 0 Å². The van der Waals surface area contributed by atoms with Crippen molar-refractivity contribution in [2.75, 3.05) is 0 Å². The third-order valence-corrected chi connectivity index (χ3v) is 6.42. The normalized spacial score (nSPS) is 11.4. The second-order valence-corrected chi connectivity index (χ2v) is 7.91. The Morgan fingerprint density at radius 1 is 0.719 bits per heavy atom. The first kappa shape index (κ1) is 30.0. The van der Waals surface area contributed by atoms with E-state index in [1.807, 2.05) is 39.8 Å². The number of hydrogen-bond acceptors (Lipinski definition) is 5. The fraction of sp³-hybridized carbons (Fsp3) is 0.417. The molecule has 1 heterocycles. The van der Waals surface area contributed by atoms with Crippen molar-refractivity contribution >= 4 is 58.3 Å². The zero-order chi connectivity index (χ0) is 21.4. The van der Waals surface area contributed by atoms with Gasteiger partial charge in [-0.15, -0.1) is 24.8 Å². The minimum absolute atomic E-state index is 0. The highest BCUT2D eigenvalue weighted by molar-refractivity contribution is 6.13. The first-order chi connectivity index (χ1) is 13.7. The number of benzene rings is 2. The van der Waals surface area contributed by atoms with Crippen molar-refractivity contribution in [3.63, 3.8) is 0 Å². The minimum atomic E-state index is -0.879. The summed E-state index contributed by atoms with van der Waals surface area (Å²) in [6.07, 6.45) is 2.27. The molecule has 0 aliphatic heterocycles. The van der Waals surface area contributed by atoms with Gasteiger partial charge >= 0.3 is 0 Å². The Morgan fingerprint density at radius 2 is 1.03 bits per heavy atom. The molecule has 0 aliphatic rings. The largest absolute Gasteiger partial charge is 0.456 e. The van der Waals surface area contributed by atoms with E-state index >= 15 is 0 Å². The predicted molar refractivity (Wildman–Crippen MR) is 135 cm³/mol. The monoisotopic (exact) mass is 484 g/mol. The van der Waals surface area contributed by atoms with Gasteiger partial charge in [0.2, 0.25) is 0 Å². The minimum Gasteiger partial charge on any atom is -0.456 e. The number of hydrogen-bond donors (Lipinski definition) is 2. The molecule has 178 valence electrons. The van der Waals surface area contributed by atoms with Crippen LogP contribution in [0.4, 0.5) is 0 Å². The molecule has 0 fully saturated rings. The number of furan rings is 1. The number of rotatable bonds is 8. The summed E-state index contributed by atoms with van der Waals surface area (Å²) in [5.74, 6) is -0.159. The Balaban J connectivity index is 0.00000320. The van der Waals surface area contributed by atoms with Gasteiger partial charge in [0.1, 0.15) is 11.2 Å². The van der Waals surface area contributed by atoms with Crippen LogP contribution in [-0.4, -0.2) is 28.1 Å². The number of carbonyl (C=O) groups is 2. The van der Waals surface area contributed by atoms with Gasteiger partial charge in [0.15, 0.2) is 11.6 Å². The molecule has 2 aromatic carbocycles. The third-order valence-electron chi connectivity index (χ3n) is 6.42. The van der Waals surface area contributed by atoms with Gasteiger partial charge in [0.05, 0.1) is 11.1 Å². The lowest BCUT2D eigenvalue weighted by molar-refractivity contribution is 0.0873. The highest BCUT2D eigenvalue weighted by Crippen LogP contribution is 2.32. The second-order valence-electron chi connectivity index (χ2n) is 7.91. The van der Waals surface area contributed by atoms with E-state index in [1.165, 1.54) is 0 Å². The zero-order valence-corrected chi connectivity index (χ0v) is 20.6. The van der Waals surface area contributed by atoms with E-state index in [1.54, 1.807) is 24.3 Å². The summed E-state index contributed by atoms with van der Waals surface area (Å²) < 4.78 is 5.91. The summed E-state index contributed by atoms with van der Waals surface area (Å²) in [5.41, 5.74) is 13.3. The molecule has 6 nitrogen and oxygen atoms in total. The summed E-state index contributed by atoms with van der Waals surface area (Å²) in [7, 11) is 0. The summed E-state index contributed by atoms with van der Waals surface area (Å²) in [6, 6.07) is 10.7. The van der Waals surface area contributed by atoms with Crippen LogP contribution >= 0.6 is 24.8 Å². The molecule has 0 aliphatic carbocycles. The lowest BCUT2D eigenvalue weighted by Gasteiger charge is -2.25. The fourth-order valence-electron chi connectivity index (χ4n) is 3.78. The van der Waals surface area contributed by atoms with E-state index in [9.17, 15) is 9.59 Å². The van der Waals surface area contributed by atoms with E-state index in [-0.39, 0.29) is 41.9 Å². The quantitative estimate of drug-likeness (QED) is 0.433. The molecule has 0 radical (unpaired) electrons. The van der Waals surface area contributed by atoms with Crippen LogP contribution in [0.5, 0.6) is 0 Å². The van der Waals surface area contributed by atoms with Crippen molar-refractivity contribution < 1.29 is 19.5 Å². The first-order valence-electron chi connectivity index (χ1n) is 10.4. The van der Waals surface area contributed by atoms with Gasteiger partial charge in [0.25, 0.3) is 0 Å². The maximum Gasteiger partial charge on any atom is 0.182 e. The van der Waals surface area contributed by atoms with Crippen molar-refractivity contribution in [2.45, 2.75) is 64.5 Å². The highest BCUT2D eigenvalue weighted by Gasteiger charge is 2.32. The molecule has 3 aromatic rings. The summed E-state index contributed by atoms with van der Waals surface area (Å²) in [5, 5.41) is 1.59. The Kier molecular flexibility index (Phi) is 10.6. The van der Waals surface area contributed by atoms with Crippen LogP contribution in [0.1, 0.15) is 74.1 Å². The molecule has 8 heteroatoms. The third kappa shape index (κ3) is 5.00. The number of ketones is 2. The standard InChI is InChI=1S/C24H30N2O3.2ClH.H2O/c1-5-23(25,6-2)21(27)15-9-11-19-17(13-15)18-14-16(10-12-20(18)29-19)22(28)24(26,7-3)8-4;;;/h9-14H,5-8,25-26H2,1-4H3;2*1H;1H2. The highest BCUT2D eigenvalue weighted by atomic mass is 35.5. The fourth-order valence-corrected chi connectivity index (χ4v) is 3.78. The van der Waals surface area contributed by atoms with Crippen molar-refractivity contribution in [2.24, 2.45) is 11.5 Å². The van der Waals surface area contributed by atoms with E-state index in [2.05, 4.69) is 0 Å². The Bertz CT molecular complexity index is 1000. The van der Waals surface area contributed by atoms with Crippen LogP contribution in [0.3, 0.4) is 0 Å². The first-order valence-corrected chi connectivity index (χ1v) is 10.4. The molecule has 0 unspecified atom stereocenters. The molecule has 0 spiro atoms. The van der Waals surface area contributed by atoms with E-state index in [0.717, 1.165) is 10.8 Å². The molecule has 0 bridgehead atoms. The molecule has 6 N–H and O–H groups in total. The van der Waals surface area contributed by atoms with Gasteiger partial charge in [-0.1, -0.05) is 27.7 Å². The molecule has 0 saturated carbocycles. The van der Waals surface area contributed by atoms with Gasteiger partial charge < -0.3 is 21.4 Å². The van der Waals surface area contributed by atoms with Crippen LogP contribution in [-0.2, 0) is 0 Å². The molecule has 0 amide bonds. The van der Waals surface area contributed by atoms with E-state index < -0.39 is 11.1 Å².